The number of carbonyl (C=O) groups is 3. The summed E-state index contributed by atoms with van der Waals surface area (Å²) in [6.07, 6.45) is -0.108. The molecular formula is C25H35N5O9. The molecule has 0 spiro atoms. The molecule has 214 valence electrons. The third-order valence-electron chi connectivity index (χ3n) is 6.15. The van der Waals surface area contributed by atoms with E-state index in [2.05, 4.69) is 15.1 Å². The molecule has 0 aromatic carbocycles. The molecule has 2 aromatic rings. The second-order valence-corrected chi connectivity index (χ2v) is 9.43. The van der Waals surface area contributed by atoms with Gasteiger partial charge in [-0.15, -0.1) is 0 Å². The smallest absolute Gasteiger partial charge is 0.481 e. The van der Waals surface area contributed by atoms with Crippen molar-refractivity contribution < 1.29 is 43.5 Å². The highest BCUT2D eigenvalue weighted by Gasteiger charge is 2.58. The molecule has 0 bridgehead atoms. The van der Waals surface area contributed by atoms with Gasteiger partial charge in [0.1, 0.15) is 30.7 Å². The Morgan fingerprint density at radius 3 is 2.62 bits per heavy atom. The third-order valence-corrected chi connectivity index (χ3v) is 6.15. The number of aliphatic hydroxyl groups is 1. The van der Waals surface area contributed by atoms with E-state index in [1.807, 2.05) is 0 Å². The minimum absolute atomic E-state index is 0.0476. The monoisotopic (exact) mass is 549 g/mol. The number of esters is 1. The average Bonchev–Trinajstić information content (AvgIpc) is 3.41. The number of aliphatic imine (C=N–C) groups is 1. The minimum atomic E-state index is -1.64. The van der Waals surface area contributed by atoms with Gasteiger partial charge in [-0.2, -0.15) is 5.10 Å². The predicted molar refractivity (Wildman–Crippen MR) is 137 cm³/mol. The van der Waals surface area contributed by atoms with Gasteiger partial charge in [0.2, 0.25) is 0 Å². The first kappa shape index (κ1) is 29.8. The van der Waals surface area contributed by atoms with E-state index in [9.17, 15) is 19.5 Å². The van der Waals surface area contributed by atoms with Crippen molar-refractivity contribution in [3.63, 3.8) is 0 Å². The molecule has 0 saturated carbocycles. The van der Waals surface area contributed by atoms with E-state index in [0.717, 1.165) is 0 Å². The van der Waals surface area contributed by atoms with Crippen LogP contribution in [-0.2, 0) is 34.1 Å². The molecule has 14 heteroatoms. The van der Waals surface area contributed by atoms with Crippen LogP contribution >= 0.6 is 0 Å². The zero-order chi connectivity index (χ0) is 28.6. The SMILES string of the molecule is C/N=C\[C@@]1(c2ccc3c(N)ncnn23)O[C@H](COC(=O)OC(C)C)[C@@H](OC(=O)CCCCCCC(=O)O)[C@H]1O. The largest absolute Gasteiger partial charge is 0.508 e. The van der Waals surface area contributed by atoms with E-state index >= 15 is 0 Å². The van der Waals surface area contributed by atoms with Crippen molar-refractivity contribution in [3.8, 4) is 0 Å². The number of aromatic nitrogens is 3. The van der Waals surface area contributed by atoms with E-state index < -0.39 is 48.1 Å². The number of rotatable bonds is 13. The summed E-state index contributed by atoms with van der Waals surface area (Å²) in [5.74, 6) is -1.25. The first-order valence-electron chi connectivity index (χ1n) is 12.7. The molecule has 4 N–H and O–H groups in total. The maximum atomic E-state index is 12.7. The van der Waals surface area contributed by atoms with Crippen molar-refractivity contribution in [1.29, 1.82) is 0 Å². The van der Waals surface area contributed by atoms with Crippen molar-refractivity contribution in [2.75, 3.05) is 19.4 Å². The summed E-state index contributed by atoms with van der Waals surface area (Å²) in [6.45, 7) is 2.95. The summed E-state index contributed by atoms with van der Waals surface area (Å²) in [4.78, 5) is 43.5. The van der Waals surface area contributed by atoms with Crippen LogP contribution in [0.5, 0.6) is 0 Å². The molecule has 1 aliphatic heterocycles. The first-order chi connectivity index (χ1) is 18.6. The van der Waals surface area contributed by atoms with Gasteiger partial charge in [0, 0.05) is 26.1 Å². The Bertz CT molecular complexity index is 1180. The van der Waals surface area contributed by atoms with Crippen LogP contribution in [0.25, 0.3) is 5.52 Å². The van der Waals surface area contributed by atoms with Crippen molar-refractivity contribution >= 4 is 35.6 Å². The fourth-order valence-corrected chi connectivity index (χ4v) is 4.42. The second-order valence-electron chi connectivity index (χ2n) is 9.43. The number of nitrogen functional groups attached to an aromatic ring is 1. The lowest BCUT2D eigenvalue weighted by molar-refractivity contribution is -0.157. The number of aliphatic carboxylic acids is 1. The third kappa shape index (κ3) is 7.20. The van der Waals surface area contributed by atoms with Gasteiger partial charge in [0.25, 0.3) is 0 Å². The van der Waals surface area contributed by atoms with Crippen LogP contribution in [-0.4, -0.2) is 87.2 Å². The maximum Gasteiger partial charge on any atom is 0.508 e. The molecular weight excluding hydrogens is 514 g/mol. The molecule has 0 unspecified atom stereocenters. The molecule has 0 radical (unpaired) electrons. The molecule has 3 rings (SSSR count). The van der Waals surface area contributed by atoms with E-state index in [1.165, 1.54) is 24.1 Å². The van der Waals surface area contributed by atoms with Gasteiger partial charge >= 0.3 is 18.1 Å². The summed E-state index contributed by atoms with van der Waals surface area (Å²) in [7, 11) is 1.49. The molecule has 3 heterocycles. The number of nitrogens with two attached hydrogens (primary N) is 1. The van der Waals surface area contributed by atoms with Gasteiger partial charge in [-0.05, 0) is 38.8 Å². The van der Waals surface area contributed by atoms with Crippen LogP contribution in [0.2, 0.25) is 0 Å². The fourth-order valence-electron chi connectivity index (χ4n) is 4.42. The molecule has 4 atom stereocenters. The van der Waals surface area contributed by atoms with E-state index in [-0.39, 0.29) is 25.3 Å². The average molecular weight is 550 g/mol. The number of anilines is 1. The summed E-state index contributed by atoms with van der Waals surface area (Å²) in [5, 5.41) is 24.5. The summed E-state index contributed by atoms with van der Waals surface area (Å²) < 4.78 is 23.6. The predicted octanol–water partition coefficient (Wildman–Crippen LogP) is 1.87. The number of unbranched alkanes of at least 4 members (excludes halogenated alkanes) is 3. The van der Waals surface area contributed by atoms with Crippen molar-refractivity contribution in [2.45, 2.75) is 82.4 Å². The van der Waals surface area contributed by atoms with Crippen LogP contribution in [0.3, 0.4) is 0 Å². The Kier molecular flexibility index (Phi) is 10.2. The topological polar surface area (TPSA) is 197 Å². The molecule has 0 aliphatic carbocycles. The number of fused-ring (bicyclic) bond motifs is 1. The molecule has 1 fully saturated rings. The highest BCUT2D eigenvalue weighted by molar-refractivity contribution is 5.76. The van der Waals surface area contributed by atoms with Gasteiger partial charge < -0.3 is 34.9 Å². The number of carboxylic acid groups (broad SMARTS) is 1. The number of carboxylic acids is 1. The number of hydrogen-bond donors (Lipinski definition) is 3. The normalized spacial score (nSPS) is 22.9. The van der Waals surface area contributed by atoms with E-state index in [0.29, 0.717) is 36.9 Å². The standard InChI is InChI=1S/C25H35N5O9/c1-15(2)37-24(35)36-12-17-21(38-20(33)9-7-5-4-6-8-19(31)32)22(34)25(39-17,13-27-3)18-11-10-16-23(26)28-14-29-30(16)18/h10-11,13-15,17,21-22,34H,4-9,12H2,1-3H3,(H,31,32)(H2,26,28,29)/b27-13-/t17-,21-,22-,25+/m1/s1. The van der Waals surface area contributed by atoms with Crippen LogP contribution in [0.4, 0.5) is 10.6 Å². The van der Waals surface area contributed by atoms with Crippen molar-refractivity contribution in [1.82, 2.24) is 14.6 Å². The van der Waals surface area contributed by atoms with Crippen molar-refractivity contribution in [3.05, 3.63) is 24.2 Å². The van der Waals surface area contributed by atoms with Crippen LogP contribution in [0.1, 0.15) is 58.1 Å². The number of aliphatic hydroxyl groups excluding tert-OH is 1. The highest BCUT2D eigenvalue weighted by Crippen LogP contribution is 2.41. The van der Waals surface area contributed by atoms with Gasteiger partial charge in [-0.1, -0.05) is 12.8 Å². The van der Waals surface area contributed by atoms with E-state index in [1.54, 1.807) is 26.0 Å². The lowest BCUT2D eigenvalue weighted by Gasteiger charge is -2.28. The molecule has 1 saturated heterocycles. The Hall–Kier alpha value is -3.78. The molecule has 39 heavy (non-hydrogen) atoms. The number of ether oxygens (including phenoxy) is 4. The van der Waals surface area contributed by atoms with E-state index in [4.69, 9.17) is 29.8 Å². The Labute approximate surface area is 225 Å². The van der Waals surface area contributed by atoms with Gasteiger partial charge in [0.15, 0.2) is 17.5 Å². The van der Waals surface area contributed by atoms with Gasteiger partial charge in [-0.3, -0.25) is 14.6 Å². The van der Waals surface area contributed by atoms with Gasteiger partial charge in [-0.25, -0.2) is 14.3 Å². The summed E-state index contributed by atoms with van der Waals surface area (Å²) >= 11 is 0. The Balaban J connectivity index is 1.82. The fraction of sp³-hybridized carbons (Fsp3) is 0.600. The molecule has 0 amide bonds. The lowest BCUT2D eigenvalue weighted by Crippen LogP contribution is -2.45. The summed E-state index contributed by atoms with van der Waals surface area (Å²) in [5.41, 5.74) is 5.14. The maximum absolute atomic E-state index is 12.7. The Morgan fingerprint density at radius 2 is 1.95 bits per heavy atom. The highest BCUT2D eigenvalue weighted by atomic mass is 16.7. The number of carbonyl (C=O) groups excluding carboxylic acids is 2. The van der Waals surface area contributed by atoms with Gasteiger partial charge in [0.05, 0.1) is 11.8 Å². The number of nitrogens with zero attached hydrogens (tertiary/aromatic N) is 4. The van der Waals surface area contributed by atoms with Crippen LogP contribution in [0, 0.1) is 0 Å². The molecule has 1 aliphatic rings. The number of hydrogen-bond acceptors (Lipinski definition) is 12. The molecule has 14 nitrogen and oxygen atoms in total. The first-order valence-corrected chi connectivity index (χ1v) is 12.7. The zero-order valence-corrected chi connectivity index (χ0v) is 22.2. The van der Waals surface area contributed by atoms with Crippen LogP contribution < -0.4 is 5.73 Å². The second kappa shape index (κ2) is 13.3. The quantitative estimate of drug-likeness (QED) is 0.186. The zero-order valence-electron chi connectivity index (χ0n) is 22.2. The van der Waals surface area contributed by atoms with Crippen LogP contribution in [0.15, 0.2) is 23.5 Å². The van der Waals surface area contributed by atoms with Crippen molar-refractivity contribution in [2.24, 2.45) is 4.99 Å². The lowest BCUT2D eigenvalue weighted by atomic mass is 9.92. The summed E-state index contributed by atoms with van der Waals surface area (Å²) in [6, 6.07) is 3.29. The minimum Gasteiger partial charge on any atom is -0.481 e. The Morgan fingerprint density at radius 1 is 1.23 bits per heavy atom. The molecule has 2 aromatic heterocycles.